The number of hydrogen-bond donors (Lipinski definition) is 0. The van der Waals surface area contributed by atoms with E-state index >= 15 is 0 Å². The summed E-state index contributed by atoms with van der Waals surface area (Å²) in [6, 6.07) is 0. The fraction of sp³-hybridized carbons (Fsp3) is 1.00. The smallest absolute Gasteiger partial charge is 0.0624 e. The topological polar surface area (TPSA) is 18.5 Å². The third-order valence-corrected chi connectivity index (χ3v) is 3.97. The zero-order chi connectivity index (χ0) is 11.8. The van der Waals surface area contributed by atoms with E-state index in [0.29, 0.717) is 12.0 Å². The molecule has 16 heavy (non-hydrogen) atoms. The number of methoxy groups -OCH3 is 2. The highest BCUT2D eigenvalue weighted by Gasteiger charge is 2.30. The van der Waals surface area contributed by atoms with E-state index in [1.807, 2.05) is 14.2 Å². The summed E-state index contributed by atoms with van der Waals surface area (Å²) < 4.78 is 11.1. The van der Waals surface area contributed by atoms with Crippen molar-refractivity contribution in [3.63, 3.8) is 0 Å². The molecule has 0 aromatic carbocycles. The lowest BCUT2D eigenvalue weighted by molar-refractivity contribution is -0.0237. The van der Waals surface area contributed by atoms with Crippen molar-refractivity contribution in [2.45, 2.75) is 58.0 Å². The molecule has 0 heterocycles. The highest BCUT2D eigenvalue weighted by Crippen LogP contribution is 2.34. The molecule has 2 unspecified atom stereocenters. The summed E-state index contributed by atoms with van der Waals surface area (Å²) in [7, 11) is 3.67. The average Bonchev–Trinajstić information content (AvgIpc) is 2.35. The van der Waals surface area contributed by atoms with E-state index in [9.17, 15) is 0 Å². The molecule has 1 saturated carbocycles. The van der Waals surface area contributed by atoms with Gasteiger partial charge in [-0.25, -0.2) is 0 Å². The van der Waals surface area contributed by atoms with E-state index in [1.165, 1.54) is 44.9 Å². The van der Waals surface area contributed by atoms with Gasteiger partial charge in [0.2, 0.25) is 0 Å². The highest BCUT2D eigenvalue weighted by atomic mass is 16.5. The fourth-order valence-electron chi connectivity index (χ4n) is 3.09. The molecule has 0 aromatic heterocycles. The molecule has 2 heteroatoms. The quantitative estimate of drug-likeness (QED) is 0.662. The van der Waals surface area contributed by atoms with Crippen LogP contribution in [0.4, 0.5) is 0 Å². The monoisotopic (exact) mass is 228 g/mol. The second-order valence-electron chi connectivity index (χ2n) is 5.08. The van der Waals surface area contributed by atoms with E-state index in [4.69, 9.17) is 9.47 Å². The first kappa shape index (κ1) is 14.0. The zero-order valence-corrected chi connectivity index (χ0v) is 11.2. The largest absolute Gasteiger partial charge is 0.384 e. The summed E-state index contributed by atoms with van der Waals surface area (Å²) in [5, 5.41) is 0. The van der Waals surface area contributed by atoms with Gasteiger partial charge in [-0.15, -0.1) is 0 Å². The maximum Gasteiger partial charge on any atom is 0.0624 e. The normalized spacial score (nSPS) is 21.9. The van der Waals surface area contributed by atoms with Crippen LogP contribution < -0.4 is 0 Å². The molecule has 96 valence electrons. The Kier molecular flexibility index (Phi) is 7.06. The molecular weight excluding hydrogens is 200 g/mol. The van der Waals surface area contributed by atoms with Gasteiger partial charge in [-0.1, -0.05) is 45.4 Å². The van der Waals surface area contributed by atoms with Crippen molar-refractivity contribution < 1.29 is 9.47 Å². The van der Waals surface area contributed by atoms with Crippen LogP contribution in [0.5, 0.6) is 0 Å². The summed E-state index contributed by atoms with van der Waals surface area (Å²) >= 11 is 0. The molecule has 1 aliphatic rings. The Morgan fingerprint density at radius 3 is 2.31 bits per heavy atom. The second kappa shape index (κ2) is 8.08. The van der Waals surface area contributed by atoms with Crippen molar-refractivity contribution in [2.75, 3.05) is 20.8 Å². The van der Waals surface area contributed by atoms with Gasteiger partial charge in [0.25, 0.3) is 0 Å². The number of rotatable bonds is 7. The van der Waals surface area contributed by atoms with Crippen LogP contribution in [0.15, 0.2) is 0 Å². The van der Waals surface area contributed by atoms with Crippen LogP contribution in [0.25, 0.3) is 0 Å². The molecule has 0 bridgehead atoms. The van der Waals surface area contributed by atoms with Crippen LogP contribution in [-0.4, -0.2) is 26.9 Å². The Labute approximate surface area is 101 Å². The Morgan fingerprint density at radius 2 is 1.81 bits per heavy atom. The van der Waals surface area contributed by atoms with Crippen molar-refractivity contribution in [2.24, 2.45) is 11.8 Å². The maximum absolute atomic E-state index is 5.68. The van der Waals surface area contributed by atoms with Crippen LogP contribution >= 0.6 is 0 Å². The molecule has 0 radical (unpaired) electrons. The first-order valence-electron chi connectivity index (χ1n) is 6.85. The van der Waals surface area contributed by atoms with Gasteiger partial charge >= 0.3 is 0 Å². The molecule has 0 aromatic rings. The van der Waals surface area contributed by atoms with Crippen LogP contribution in [0.3, 0.4) is 0 Å². The molecule has 1 rings (SSSR count). The molecule has 1 aliphatic carbocycles. The van der Waals surface area contributed by atoms with Crippen molar-refractivity contribution >= 4 is 0 Å². The van der Waals surface area contributed by atoms with Gasteiger partial charge in [-0.2, -0.15) is 0 Å². The molecule has 1 fully saturated rings. The van der Waals surface area contributed by atoms with Crippen LogP contribution in [0.1, 0.15) is 51.9 Å². The van der Waals surface area contributed by atoms with Gasteiger partial charge in [0.15, 0.2) is 0 Å². The minimum absolute atomic E-state index is 0.396. The number of ether oxygens (including phenoxy) is 2. The molecule has 0 N–H and O–H groups in total. The minimum Gasteiger partial charge on any atom is -0.384 e. The zero-order valence-electron chi connectivity index (χ0n) is 11.2. The molecular formula is C14H28O2. The summed E-state index contributed by atoms with van der Waals surface area (Å²) in [6.45, 7) is 3.10. The van der Waals surface area contributed by atoms with Gasteiger partial charge < -0.3 is 9.47 Å². The van der Waals surface area contributed by atoms with Gasteiger partial charge in [-0.3, -0.25) is 0 Å². The summed E-state index contributed by atoms with van der Waals surface area (Å²) in [4.78, 5) is 0. The lowest BCUT2D eigenvalue weighted by Gasteiger charge is -2.34. The molecule has 0 aliphatic heterocycles. The molecule has 2 nitrogen and oxygen atoms in total. The number of hydrogen-bond acceptors (Lipinski definition) is 2. The fourth-order valence-corrected chi connectivity index (χ4v) is 3.09. The standard InChI is InChI=1S/C14H28O2/c1-4-8-14(16-3)13(11-15-2)12-9-6-5-7-10-12/h12-14H,4-11H2,1-3H3. The van der Waals surface area contributed by atoms with Gasteiger partial charge in [0.1, 0.15) is 0 Å². The van der Waals surface area contributed by atoms with Crippen molar-refractivity contribution in [3.8, 4) is 0 Å². The van der Waals surface area contributed by atoms with E-state index in [-0.39, 0.29) is 0 Å². The minimum atomic E-state index is 0.396. The van der Waals surface area contributed by atoms with E-state index in [1.54, 1.807) is 0 Å². The van der Waals surface area contributed by atoms with Crippen molar-refractivity contribution in [1.82, 2.24) is 0 Å². The lowest BCUT2D eigenvalue weighted by atomic mass is 9.77. The molecule has 0 spiro atoms. The predicted octanol–water partition coefficient (Wildman–Crippen LogP) is 3.64. The average molecular weight is 228 g/mol. The summed E-state index contributed by atoms with van der Waals surface area (Å²) in [5.74, 6) is 1.43. The van der Waals surface area contributed by atoms with Gasteiger partial charge in [-0.05, 0) is 12.3 Å². The van der Waals surface area contributed by atoms with E-state index in [0.717, 1.165) is 12.5 Å². The Morgan fingerprint density at radius 1 is 1.12 bits per heavy atom. The van der Waals surface area contributed by atoms with Crippen LogP contribution in [0.2, 0.25) is 0 Å². The molecule has 2 atom stereocenters. The third-order valence-electron chi connectivity index (χ3n) is 3.97. The first-order chi connectivity index (χ1) is 7.83. The van der Waals surface area contributed by atoms with Crippen molar-refractivity contribution in [1.29, 1.82) is 0 Å². The van der Waals surface area contributed by atoms with E-state index in [2.05, 4.69) is 6.92 Å². The summed E-state index contributed by atoms with van der Waals surface area (Å²) in [6.07, 6.45) is 9.72. The van der Waals surface area contributed by atoms with Crippen LogP contribution in [-0.2, 0) is 9.47 Å². The SMILES string of the molecule is CCCC(OC)C(COC)C1CCCCC1. The molecule has 0 amide bonds. The highest BCUT2D eigenvalue weighted by molar-refractivity contribution is 4.80. The first-order valence-corrected chi connectivity index (χ1v) is 6.85. The Balaban J connectivity index is 2.54. The van der Waals surface area contributed by atoms with Crippen molar-refractivity contribution in [3.05, 3.63) is 0 Å². The second-order valence-corrected chi connectivity index (χ2v) is 5.08. The summed E-state index contributed by atoms with van der Waals surface area (Å²) in [5.41, 5.74) is 0. The third kappa shape index (κ3) is 4.06. The predicted molar refractivity (Wildman–Crippen MR) is 67.6 cm³/mol. The van der Waals surface area contributed by atoms with Gasteiger partial charge in [0, 0.05) is 20.1 Å². The van der Waals surface area contributed by atoms with Gasteiger partial charge in [0.05, 0.1) is 12.7 Å². The molecule has 0 saturated heterocycles. The van der Waals surface area contributed by atoms with Crippen LogP contribution in [0, 0.1) is 11.8 Å². The maximum atomic E-state index is 5.68. The van der Waals surface area contributed by atoms with E-state index < -0.39 is 0 Å². The Hall–Kier alpha value is -0.0800. The lowest BCUT2D eigenvalue weighted by Crippen LogP contribution is -2.34. The Bertz CT molecular complexity index is 159.